The average Bonchev–Trinajstić information content (AvgIpc) is 2.46. The number of likely N-dealkylation sites (tertiary alicyclic amines) is 1. The topological polar surface area (TPSA) is 20.3 Å². The van der Waals surface area contributed by atoms with E-state index >= 15 is 0 Å². The van der Waals surface area contributed by atoms with Crippen molar-refractivity contribution in [2.24, 2.45) is 11.3 Å². The molecule has 2 nitrogen and oxygen atoms in total. The Morgan fingerprint density at radius 1 is 1.22 bits per heavy atom. The predicted octanol–water partition coefficient (Wildman–Crippen LogP) is 5.19. The molecular formula is C16H16Cl2F3NO. The molecule has 2 fully saturated rings. The second-order valence-corrected chi connectivity index (χ2v) is 7.27. The van der Waals surface area contributed by atoms with Crippen molar-refractivity contribution in [1.82, 2.24) is 4.90 Å². The lowest BCUT2D eigenvalue weighted by Crippen LogP contribution is -2.57. The fourth-order valence-electron chi connectivity index (χ4n) is 3.79. The number of carbonyl (C=O) groups is 1. The number of carbonyl (C=O) groups excluding carboxylic acids is 1. The van der Waals surface area contributed by atoms with Crippen LogP contribution in [0.2, 0.25) is 10.0 Å². The van der Waals surface area contributed by atoms with Crippen molar-refractivity contribution in [3.05, 3.63) is 33.8 Å². The van der Waals surface area contributed by atoms with E-state index in [4.69, 9.17) is 23.2 Å². The fraction of sp³-hybridized carbons (Fsp3) is 0.562. The van der Waals surface area contributed by atoms with Crippen LogP contribution in [0.3, 0.4) is 0 Å². The maximum atomic E-state index is 13.3. The molecule has 1 aromatic carbocycles. The van der Waals surface area contributed by atoms with Crippen LogP contribution in [0, 0.1) is 11.3 Å². The van der Waals surface area contributed by atoms with Gasteiger partial charge in [0.05, 0.1) is 16.0 Å². The maximum Gasteiger partial charge on any atom is 0.392 e. The van der Waals surface area contributed by atoms with Gasteiger partial charge in [-0.25, -0.2) is 0 Å². The van der Waals surface area contributed by atoms with E-state index in [2.05, 4.69) is 0 Å². The molecule has 0 N–H and O–H groups in total. The molecule has 1 aliphatic carbocycles. The molecule has 3 rings (SSSR count). The summed E-state index contributed by atoms with van der Waals surface area (Å²) in [5, 5.41) is 0.607. The fourth-order valence-corrected chi connectivity index (χ4v) is 4.09. The van der Waals surface area contributed by atoms with Crippen LogP contribution in [0.5, 0.6) is 0 Å². The van der Waals surface area contributed by atoms with Crippen molar-refractivity contribution < 1.29 is 18.0 Å². The number of amides is 1. The van der Waals surface area contributed by atoms with Crippen LogP contribution in [-0.2, 0) is 0 Å². The maximum absolute atomic E-state index is 13.3. The number of hydrogen-bond acceptors (Lipinski definition) is 1. The van der Waals surface area contributed by atoms with Crippen molar-refractivity contribution in [1.29, 1.82) is 0 Å². The van der Waals surface area contributed by atoms with Crippen molar-refractivity contribution in [3.63, 3.8) is 0 Å². The average molecular weight is 366 g/mol. The summed E-state index contributed by atoms with van der Waals surface area (Å²) in [6.07, 6.45) is -2.37. The predicted molar refractivity (Wildman–Crippen MR) is 82.8 cm³/mol. The Labute approximate surface area is 142 Å². The third-order valence-electron chi connectivity index (χ3n) is 5.13. The summed E-state index contributed by atoms with van der Waals surface area (Å²) in [4.78, 5) is 14.1. The molecular weight excluding hydrogens is 350 g/mol. The zero-order valence-electron chi connectivity index (χ0n) is 12.3. The number of rotatable bonds is 1. The Morgan fingerprint density at radius 2 is 1.91 bits per heavy atom. The van der Waals surface area contributed by atoms with Crippen molar-refractivity contribution in [2.75, 3.05) is 13.1 Å². The Kier molecular flexibility index (Phi) is 4.30. The lowest BCUT2D eigenvalue weighted by molar-refractivity contribution is -0.235. The normalized spacial score (nSPS) is 23.7. The van der Waals surface area contributed by atoms with E-state index < -0.39 is 17.5 Å². The Hall–Kier alpha value is -0.940. The summed E-state index contributed by atoms with van der Waals surface area (Å²) in [5.41, 5.74) is -0.443. The number of benzene rings is 1. The lowest BCUT2D eigenvalue weighted by Gasteiger charge is -2.54. The summed E-state index contributed by atoms with van der Waals surface area (Å²) in [5.74, 6) is -1.59. The Morgan fingerprint density at radius 3 is 2.43 bits per heavy atom. The molecule has 23 heavy (non-hydrogen) atoms. The van der Waals surface area contributed by atoms with Gasteiger partial charge in [0.2, 0.25) is 0 Å². The van der Waals surface area contributed by atoms with E-state index in [9.17, 15) is 18.0 Å². The van der Waals surface area contributed by atoms with Gasteiger partial charge >= 0.3 is 6.18 Å². The van der Waals surface area contributed by atoms with Crippen molar-refractivity contribution in [2.45, 2.75) is 31.9 Å². The Balaban J connectivity index is 1.80. The molecule has 1 spiro atoms. The van der Waals surface area contributed by atoms with Gasteiger partial charge < -0.3 is 4.90 Å². The molecule has 1 saturated heterocycles. The van der Waals surface area contributed by atoms with Gasteiger partial charge in [0.25, 0.3) is 5.91 Å². The van der Waals surface area contributed by atoms with E-state index in [0.717, 1.165) is 6.42 Å². The first-order valence-corrected chi connectivity index (χ1v) is 8.30. The summed E-state index contributed by atoms with van der Waals surface area (Å²) in [7, 11) is 0. The summed E-state index contributed by atoms with van der Waals surface area (Å²) >= 11 is 11.8. The van der Waals surface area contributed by atoms with Crippen molar-refractivity contribution >= 4 is 29.1 Å². The molecule has 0 bridgehead atoms. The van der Waals surface area contributed by atoms with E-state index in [1.807, 2.05) is 0 Å². The summed E-state index contributed by atoms with van der Waals surface area (Å²) in [6.45, 7) is 0.279. The van der Waals surface area contributed by atoms with E-state index in [1.54, 1.807) is 6.07 Å². The van der Waals surface area contributed by atoms with Crippen LogP contribution in [0.15, 0.2) is 18.2 Å². The molecule has 1 atom stereocenters. The first-order valence-electron chi connectivity index (χ1n) is 7.54. The monoisotopic (exact) mass is 365 g/mol. The van der Waals surface area contributed by atoms with Gasteiger partial charge in [-0.15, -0.1) is 0 Å². The highest BCUT2D eigenvalue weighted by atomic mass is 35.5. The van der Waals surface area contributed by atoms with Gasteiger partial charge in [-0.1, -0.05) is 29.6 Å². The largest absolute Gasteiger partial charge is 0.392 e. The molecule has 0 aromatic heterocycles. The van der Waals surface area contributed by atoms with Gasteiger partial charge in [0.15, 0.2) is 0 Å². The Bertz CT molecular complexity index is 628. The minimum atomic E-state index is -4.20. The molecule has 0 unspecified atom stereocenters. The second-order valence-electron chi connectivity index (χ2n) is 6.45. The summed E-state index contributed by atoms with van der Waals surface area (Å²) in [6, 6.07) is 4.55. The van der Waals surface area contributed by atoms with Gasteiger partial charge in [0.1, 0.15) is 0 Å². The van der Waals surface area contributed by atoms with Crippen LogP contribution in [0.1, 0.15) is 36.0 Å². The molecule has 126 valence electrons. The molecule has 1 aromatic rings. The first kappa shape index (κ1) is 16.9. The molecule has 1 aliphatic heterocycles. The molecule has 1 amide bonds. The van der Waals surface area contributed by atoms with Crippen LogP contribution >= 0.6 is 23.2 Å². The summed E-state index contributed by atoms with van der Waals surface area (Å²) < 4.78 is 39.8. The first-order chi connectivity index (χ1) is 10.7. The van der Waals surface area contributed by atoms with Gasteiger partial charge in [-0.3, -0.25) is 4.79 Å². The molecule has 2 aliphatic rings. The zero-order chi connectivity index (χ0) is 16.8. The molecule has 1 heterocycles. The highest BCUT2D eigenvalue weighted by Crippen LogP contribution is 2.56. The lowest BCUT2D eigenvalue weighted by atomic mass is 9.58. The molecule has 0 radical (unpaired) electrons. The number of piperidine rings is 1. The minimum absolute atomic E-state index is 0.0312. The highest BCUT2D eigenvalue weighted by Gasteiger charge is 2.58. The van der Waals surface area contributed by atoms with Crippen LogP contribution in [0.4, 0.5) is 13.2 Å². The third kappa shape index (κ3) is 3.05. The van der Waals surface area contributed by atoms with Gasteiger partial charge in [0, 0.05) is 18.7 Å². The smallest absolute Gasteiger partial charge is 0.338 e. The van der Waals surface area contributed by atoms with Gasteiger partial charge in [-0.05, 0) is 42.9 Å². The highest BCUT2D eigenvalue weighted by molar-refractivity contribution is 6.42. The molecule has 7 heteroatoms. The standard InChI is InChI=1S/C16H16Cl2F3NO/c17-11-3-2-10(8-12(11)18)14(23)22-7-4-13(16(19,20)21)15(9-22)5-1-6-15/h2-3,8,13H,1,4-7,9H2/t13-/m1/s1. The van der Waals surface area contributed by atoms with Crippen LogP contribution < -0.4 is 0 Å². The second kappa shape index (κ2) is 5.85. The number of hydrogen-bond donors (Lipinski definition) is 0. The van der Waals surface area contributed by atoms with E-state index in [0.29, 0.717) is 23.4 Å². The third-order valence-corrected chi connectivity index (χ3v) is 5.87. The van der Waals surface area contributed by atoms with Crippen molar-refractivity contribution in [3.8, 4) is 0 Å². The SMILES string of the molecule is O=C(c1ccc(Cl)c(Cl)c1)N1CC[C@@H](C(F)(F)F)C2(CCC2)C1. The van der Waals surface area contributed by atoms with Gasteiger partial charge in [-0.2, -0.15) is 13.2 Å². The number of nitrogens with zero attached hydrogens (tertiary/aromatic N) is 1. The van der Waals surface area contributed by atoms with E-state index in [1.165, 1.54) is 17.0 Å². The van der Waals surface area contributed by atoms with Crippen LogP contribution in [-0.4, -0.2) is 30.1 Å². The minimum Gasteiger partial charge on any atom is -0.338 e. The number of halogens is 5. The molecule has 1 saturated carbocycles. The van der Waals surface area contributed by atoms with E-state index in [-0.39, 0.29) is 30.4 Å². The quantitative estimate of drug-likeness (QED) is 0.670. The van der Waals surface area contributed by atoms with Crippen LogP contribution in [0.25, 0.3) is 0 Å². The zero-order valence-corrected chi connectivity index (χ0v) is 13.8. The number of alkyl halides is 3.